The van der Waals surface area contributed by atoms with Crippen molar-refractivity contribution in [3.63, 3.8) is 0 Å². The molecule has 2 aromatic heterocycles. The first-order chi connectivity index (χ1) is 11.0. The molecule has 0 saturated heterocycles. The number of nitrogens with zero attached hydrogens (tertiary/aromatic N) is 3. The average Bonchev–Trinajstić information content (AvgIpc) is 3.12. The molecule has 3 aromatic rings. The van der Waals surface area contributed by atoms with Crippen molar-refractivity contribution in [1.29, 1.82) is 0 Å². The van der Waals surface area contributed by atoms with E-state index in [0.29, 0.717) is 5.69 Å². The Kier molecular flexibility index (Phi) is 4.16. The maximum atomic E-state index is 12.8. The summed E-state index contributed by atoms with van der Waals surface area (Å²) >= 11 is 3.37. The highest BCUT2D eigenvalue weighted by Gasteiger charge is 2.18. The van der Waals surface area contributed by atoms with Gasteiger partial charge in [-0.3, -0.25) is 9.36 Å². The quantitative estimate of drug-likeness (QED) is 0.745. The van der Waals surface area contributed by atoms with Crippen LogP contribution in [0.3, 0.4) is 0 Å². The third kappa shape index (κ3) is 3.12. The molecule has 2 heterocycles. The van der Waals surface area contributed by atoms with Crippen LogP contribution in [0.4, 0.5) is 8.78 Å². The zero-order valence-electron chi connectivity index (χ0n) is 12.1. The number of benzene rings is 1. The smallest absolute Gasteiger partial charge is 0.319 e. The summed E-state index contributed by atoms with van der Waals surface area (Å²) in [5.41, 5.74) is 1.22. The van der Waals surface area contributed by atoms with Crippen molar-refractivity contribution in [2.75, 3.05) is 7.05 Å². The number of aromatic amines is 1. The van der Waals surface area contributed by atoms with Crippen LogP contribution >= 0.6 is 15.9 Å². The topological polar surface area (TPSA) is 53.9 Å². The van der Waals surface area contributed by atoms with Crippen LogP contribution in [-0.4, -0.2) is 32.4 Å². The normalized spacial score (nSPS) is 11.3. The van der Waals surface area contributed by atoms with Crippen molar-refractivity contribution >= 4 is 32.7 Å². The second-order valence-corrected chi connectivity index (χ2v) is 6.02. The van der Waals surface area contributed by atoms with Crippen LogP contribution in [0, 0.1) is 0 Å². The van der Waals surface area contributed by atoms with E-state index in [-0.39, 0.29) is 18.3 Å². The molecule has 5 nitrogen and oxygen atoms in total. The summed E-state index contributed by atoms with van der Waals surface area (Å²) in [4.78, 5) is 20.7. The van der Waals surface area contributed by atoms with E-state index in [9.17, 15) is 13.6 Å². The van der Waals surface area contributed by atoms with Gasteiger partial charge in [0.2, 0.25) is 0 Å². The van der Waals surface area contributed by atoms with E-state index in [0.717, 1.165) is 19.9 Å². The molecule has 23 heavy (non-hydrogen) atoms. The minimum Gasteiger partial charge on any atom is -0.350 e. The summed E-state index contributed by atoms with van der Waals surface area (Å²) in [7, 11) is 1.55. The molecular formula is C15H13BrF2N4O. The Morgan fingerprint density at radius 2 is 2.22 bits per heavy atom. The van der Waals surface area contributed by atoms with Crippen molar-refractivity contribution in [2.45, 2.75) is 13.1 Å². The molecule has 0 aliphatic carbocycles. The van der Waals surface area contributed by atoms with Gasteiger partial charge in [0.05, 0.1) is 6.54 Å². The monoisotopic (exact) mass is 382 g/mol. The van der Waals surface area contributed by atoms with Gasteiger partial charge in [-0.05, 0) is 18.2 Å². The minimum absolute atomic E-state index is 0.00473. The third-order valence-corrected chi connectivity index (χ3v) is 3.99. The van der Waals surface area contributed by atoms with Gasteiger partial charge in [0, 0.05) is 34.8 Å². The molecule has 0 fully saturated rings. The first-order valence-electron chi connectivity index (χ1n) is 6.79. The van der Waals surface area contributed by atoms with Crippen LogP contribution in [0.25, 0.3) is 10.9 Å². The highest BCUT2D eigenvalue weighted by Crippen LogP contribution is 2.21. The number of nitrogens with one attached hydrogen (secondary N) is 1. The van der Waals surface area contributed by atoms with Crippen molar-refractivity contribution < 1.29 is 13.6 Å². The molecule has 3 rings (SSSR count). The number of rotatable bonds is 4. The molecule has 0 saturated carbocycles. The van der Waals surface area contributed by atoms with E-state index < -0.39 is 6.55 Å². The number of alkyl halides is 2. The highest BCUT2D eigenvalue weighted by molar-refractivity contribution is 9.10. The number of aromatic nitrogens is 3. The molecule has 1 N–H and O–H groups in total. The molecule has 0 spiro atoms. The lowest BCUT2D eigenvalue weighted by Crippen LogP contribution is -2.28. The van der Waals surface area contributed by atoms with Gasteiger partial charge in [-0.2, -0.15) is 8.78 Å². The first kappa shape index (κ1) is 15.7. The molecule has 0 radical (unpaired) electrons. The first-order valence-corrected chi connectivity index (χ1v) is 7.58. The molecule has 0 aliphatic heterocycles. The highest BCUT2D eigenvalue weighted by atomic mass is 79.9. The number of carbonyl (C=O) groups excluding carboxylic acids is 1. The molecule has 0 bridgehead atoms. The summed E-state index contributed by atoms with van der Waals surface area (Å²) < 4.78 is 27.3. The Hall–Kier alpha value is -2.22. The summed E-state index contributed by atoms with van der Waals surface area (Å²) in [6.45, 7) is -2.68. The number of amides is 1. The number of H-pyrrole nitrogens is 1. The number of halogens is 3. The zero-order chi connectivity index (χ0) is 16.6. The number of imidazole rings is 1. The Bertz CT molecular complexity index is 858. The lowest BCUT2D eigenvalue weighted by molar-refractivity contribution is 0.0611. The van der Waals surface area contributed by atoms with Gasteiger partial charge in [-0.15, -0.1) is 0 Å². The third-order valence-electron chi connectivity index (χ3n) is 3.50. The van der Waals surface area contributed by atoms with Crippen molar-refractivity contribution in [3.8, 4) is 0 Å². The fourth-order valence-corrected chi connectivity index (χ4v) is 2.71. The second kappa shape index (κ2) is 6.11. The predicted molar refractivity (Wildman–Crippen MR) is 85.3 cm³/mol. The predicted octanol–water partition coefficient (Wildman–Crippen LogP) is 3.79. The van der Waals surface area contributed by atoms with Gasteiger partial charge in [0.25, 0.3) is 5.91 Å². The molecule has 8 heteroatoms. The Balaban J connectivity index is 1.82. The molecule has 120 valence electrons. The average molecular weight is 383 g/mol. The van der Waals surface area contributed by atoms with Gasteiger partial charge in [0.1, 0.15) is 11.5 Å². The van der Waals surface area contributed by atoms with Crippen LogP contribution in [0.5, 0.6) is 0 Å². The van der Waals surface area contributed by atoms with Gasteiger partial charge in [-0.25, -0.2) is 4.98 Å². The van der Waals surface area contributed by atoms with E-state index in [2.05, 4.69) is 25.9 Å². The van der Waals surface area contributed by atoms with Gasteiger partial charge < -0.3 is 9.88 Å². The molecular weight excluding hydrogens is 370 g/mol. The molecule has 1 amide bonds. The maximum absolute atomic E-state index is 12.8. The van der Waals surface area contributed by atoms with E-state index >= 15 is 0 Å². The largest absolute Gasteiger partial charge is 0.350 e. The van der Waals surface area contributed by atoms with Crippen molar-refractivity contribution in [2.24, 2.45) is 0 Å². The van der Waals surface area contributed by atoms with E-state index in [4.69, 9.17) is 0 Å². The fraction of sp³-hybridized carbons (Fsp3) is 0.200. The van der Waals surface area contributed by atoms with Crippen LogP contribution in [0.15, 0.2) is 41.1 Å². The lowest BCUT2D eigenvalue weighted by Gasteiger charge is -2.16. The Morgan fingerprint density at radius 1 is 1.43 bits per heavy atom. The minimum atomic E-state index is -2.68. The number of hydrogen-bond acceptors (Lipinski definition) is 2. The maximum Gasteiger partial charge on any atom is 0.319 e. The molecule has 1 aromatic carbocycles. The second-order valence-electron chi connectivity index (χ2n) is 5.10. The van der Waals surface area contributed by atoms with Crippen molar-refractivity contribution in [3.05, 3.63) is 52.7 Å². The SMILES string of the molecule is CN(Cc1nccn1C(F)F)C(=O)c1cc2ccc(Br)cc2[nH]1. The van der Waals surface area contributed by atoms with Gasteiger partial charge in [0.15, 0.2) is 0 Å². The molecule has 0 aliphatic rings. The Labute approximate surface area is 139 Å². The summed E-state index contributed by atoms with van der Waals surface area (Å²) in [6.07, 6.45) is 2.49. The molecule has 0 unspecified atom stereocenters. The van der Waals surface area contributed by atoms with E-state index in [1.807, 2.05) is 18.2 Å². The number of carbonyl (C=O) groups is 1. The number of hydrogen-bond donors (Lipinski definition) is 1. The summed E-state index contributed by atoms with van der Waals surface area (Å²) in [5.74, 6) is -0.157. The van der Waals surface area contributed by atoms with E-state index in [1.54, 1.807) is 13.1 Å². The zero-order valence-corrected chi connectivity index (χ0v) is 13.7. The van der Waals surface area contributed by atoms with Crippen LogP contribution in [-0.2, 0) is 6.54 Å². The number of fused-ring (bicyclic) bond motifs is 1. The van der Waals surface area contributed by atoms with Crippen LogP contribution < -0.4 is 0 Å². The van der Waals surface area contributed by atoms with Crippen molar-refractivity contribution in [1.82, 2.24) is 19.4 Å². The standard InChI is InChI=1S/C15H13BrF2N4O/c1-21(8-13-19-4-5-22(13)15(17)18)14(23)12-6-9-2-3-10(16)7-11(9)20-12/h2-7,15,20H,8H2,1H3. The van der Waals surface area contributed by atoms with Crippen LogP contribution in [0.1, 0.15) is 22.9 Å². The lowest BCUT2D eigenvalue weighted by atomic mass is 10.2. The van der Waals surface area contributed by atoms with E-state index in [1.165, 1.54) is 17.3 Å². The van der Waals surface area contributed by atoms with Gasteiger partial charge >= 0.3 is 6.55 Å². The van der Waals surface area contributed by atoms with Gasteiger partial charge in [-0.1, -0.05) is 22.0 Å². The Morgan fingerprint density at radius 3 is 2.96 bits per heavy atom. The summed E-state index contributed by atoms with van der Waals surface area (Å²) in [6, 6.07) is 7.37. The summed E-state index contributed by atoms with van der Waals surface area (Å²) in [5, 5.41) is 0.902. The van der Waals surface area contributed by atoms with Crippen LogP contribution in [0.2, 0.25) is 0 Å². The fourth-order valence-electron chi connectivity index (χ4n) is 2.35. The molecule has 0 atom stereocenters.